The Kier molecular flexibility index (Phi) is 160. The second-order valence-electron chi connectivity index (χ2n) is 17.6. The number of thiocarbonyl (C=S) groups is 1. The molecule has 0 radical (unpaired) electrons. The number of hydrazine groups is 2. The van der Waals surface area contributed by atoms with Crippen molar-refractivity contribution in [1.82, 2.24) is 32.3 Å². The first-order valence-electron chi connectivity index (χ1n) is 29.6. The lowest BCUT2D eigenvalue weighted by atomic mass is 10.1. The fourth-order valence-electron chi connectivity index (χ4n) is 4.81. The molecule has 5 rings (SSSR count). The quantitative estimate of drug-likeness (QED) is 0.00786. The highest BCUT2D eigenvalue weighted by Gasteiger charge is 2.14. The lowest BCUT2D eigenvalue weighted by molar-refractivity contribution is -0.193. The number of esters is 4. The molecule has 4 aliphatic rings. The summed E-state index contributed by atoms with van der Waals surface area (Å²) in [5, 5.41) is 18.7. The molecule has 6 amide bonds. The number of alkyl carbamates (subject to hydrolysis) is 2. The number of carbonyl (C=O) groups excluding carboxylic acids is 18. The zero-order chi connectivity index (χ0) is 81.7. The SMILES string of the molecule is C.C.C.C.C.C.C.C1CS1.C=C1C=CC(=S)C=C1.CO.CO.COC(=O)CCC(=O)CN.COC(=O)CCC(=O)CN.COC(=O)CCC(=O)CNC(=O)OCCSSC.COC(=O)CCC(=O)CNC(=O)OCc1ccc(SSC)cc1.CSC.CSC.O=C1CCC(=O)NN1.O=C1CCC(=O)NN1.O=C=O.O=C=O.[CH3-].[CH3-]. The van der Waals surface area contributed by atoms with Gasteiger partial charge in [0.25, 0.3) is 0 Å². The summed E-state index contributed by atoms with van der Waals surface area (Å²) in [5.74, 6) is 0.665. The highest BCUT2D eigenvalue weighted by Crippen LogP contribution is 2.28. The Labute approximate surface area is 706 Å². The van der Waals surface area contributed by atoms with Crippen LogP contribution in [-0.2, 0) is 112 Å². The third-order valence-corrected chi connectivity index (χ3v) is 13.8. The van der Waals surface area contributed by atoms with Gasteiger partial charge in [-0.1, -0.05) is 138 Å². The van der Waals surface area contributed by atoms with Gasteiger partial charge in [0.05, 0.1) is 80.3 Å². The molecule has 0 spiro atoms. The van der Waals surface area contributed by atoms with Gasteiger partial charge in [0, 0.05) is 92.6 Å². The number of nitrogens with one attached hydrogen (secondary N) is 6. The summed E-state index contributed by atoms with van der Waals surface area (Å²) in [6.45, 7) is 3.84. The Morgan fingerprint density at radius 1 is 0.496 bits per heavy atom. The van der Waals surface area contributed by atoms with E-state index in [2.05, 4.69) is 57.9 Å². The number of amides is 6. The van der Waals surface area contributed by atoms with E-state index in [1.807, 2.05) is 97.9 Å². The largest absolute Gasteiger partial charge is 0.469 e. The standard InChI is InChI=1S/C15H19NO5S2.C10H17NO5S2.C7H6S.2C6H11NO3.2C4H6N2O2.C2H4S.2C2H6S.2CO2.2CH4O.7CH4.2CH3/c1-20-14(18)8-5-12(17)9-16-15(19)21-10-11-3-6-13(7-4-11)23-22-2;1-15-9(13)4-3-8(12)7-11-10(14)16-5-6-18-17-2;1-6-2-4-7(8)5-3-6;2*1-10-6(9)3-2-5(8)4-7;2*7-3-1-2-4(8)6-5-3;1-2-3-1;2*1-3-2;2*2-1-3;2*1-2;;;;;;;;;/h3-4,6-7H,5,8-10H2,1-2H3,(H,16,19);3-7H2,1-2H3,(H,11,14);2-5H,1H2;2*2-4,7H2,1H3;2*1-2H2,(H,5,7)(H,6,8);1-2H2;2*1-2H3;;;2*2H,1H3;7*1H4;2*1H3/q;;;;;;;;;;;;;;;;;;;;;2*-1. The van der Waals surface area contributed by atoms with E-state index in [0.29, 0.717) is 38.0 Å². The third-order valence-electron chi connectivity index (χ3n) is 9.62. The van der Waals surface area contributed by atoms with Crippen LogP contribution in [0.3, 0.4) is 0 Å². The van der Waals surface area contributed by atoms with Crippen molar-refractivity contribution in [2.45, 2.75) is 141 Å². The average molecular weight is 1770 g/mol. The van der Waals surface area contributed by atoms with E-state index < -0.39 is 24.1 Å². The molecule has 1 aromatic carbocycles. The minimum atomic E-state index is -0.668. The first-order valence-corrected chi connectivity index (χ1v) is 39.7. The van der Waals surface area contributed by atoms with Crippen molar-refractivity contribution in [2.24, 2.45) is 11.5 Å². The molecular formula is C71H134N8O26S8-2. The molecule has 3 fully saturated rings. The number of hydrogen-bond acceptors (Lipinski definition) is 36. The van der Waals surface area contributed by atoms with E-state index in [1.54, 1.807) is 66.7 Å². The van der Waals surface area contributed by atoms with Crippen molar-refractivity contribution in [1.29, 1.82) is 0 Å². The van der Waals surface area contributed by atoms with Gasteiger partial charge in [-0.2, -0.15) is 54.5 Å². The molecule has 0 atom stereocenters. The summed E-state index contributed by atoms with van der Waals surface area (Å²) in [6.07, 6.45) is 20.9. The number of thioether (sulfide) groups is 3. The number of allylic oxidation sites excluding steroid dienone is 5. The predicted octanol–water partition coefficient (Wildman–Crippen LogP) is 8.97. The summed E-state index contributed by atoms with van der Waals surface area (Å²) in [7, 11) is 13.6. The van der Waals surface area contributed by atoms with Crippen LogP contribution in [0.4, 0.5) is 9.59 Å². The molecule has 0 aromatic heterocycles. The smallest absolute Gasteiger partial charge is 0.407 e. The summed E-state index contributed by atoms with van der Waals surface area (Å²) >= 11 is 10.3. The van der Waals surface area contributed by atoms with Crippen molar-refractivity contribution in [3.05, 3.63) is 81.1 Å². The van der Waals surface area contributed by atoms with Gasteiger partial charge in [-0.05, 0) is 73.0 Å². The number of carbonyl (C=O) groups is 14. The molecule has 0 unspecified atom stereocenters. The number of methoxy groups -OCH3 is 4. The highest BCUT2D eigenvalue weighted by atomic mass is 33.1. The van der Waals surface area contributed by atoms with Crippen LogP contribution >= 0.6 is 90.7 Å². The van der Waals surface area contributed by atoms with Crippen LogP contribution in [0, 0.1) is 14.9 Å². The lowest BCUT2D eigenvalue weighted by Gasteiger charge is -2.10. The molecule has 42 heteroatoms. The van der Waals surface area contributed by atoms with Crippen LogP contribution in [0.25, 0.3) is 0 Å². The number of aliphatic hydroxyl groups excluding tert-OH is 2. The van der Waals surface area contributed by atoms with Gasteiger partial charge in [0.1, 0.15) is 24.8 Å². The number of ether oxygens (including phenoxy) is 6. The van der Waals surface area contributed by atoms with Crippen molar-refractivity contribution in [3.63, 3.8) is 0 Å². The second kappa shape index (κ2) is 120. The minimum Gasteiger partial charge on any atom is -0.469 e. The maximum Gasteiger partial charge on any atom is 0.407 e. The Morgan fingerprint density at radius 3 is 1.00 bits per heavy atom. The van der Waals surface area contributed by atoms with Crippen LogP contribution in [-0.4, -0.2) is 240 Å². The number of aliphatic hydroxyl groups is 2. The fraction of sp³-hybridized carbons (Fsp3) is 0.563. The van der Waals surface area contributed by atoms with Crippen LogP contribution in [0.5, 0.6) is 0 Å². The van der Waals surface area contributed by atoms with Gasteiger partial charge in [0.2, 0.25) is 23.6 Å². The molecule has 1 aliphatic carbocycles. The molecular weight excluding hydrogens is 1640 g/mol. The number of ketones is 4. The molecule has 1 aromatic rings. The van der Waals surface area contributed by atoms with Crippen LogP contribution in [0.15, 0.2) is 65.6 Å². The second-order valence-corrected chi connectivity index (χ2v) is 26.1. The normalized spacial score (nSPS) is 10.4. The molecule has 3 saturated heterocycles. The van der Waals surface area contributed by atoms with E-state index in [4.69, 9.17) is 62.6 Å². The van der Waals surface area contributed by atoms with E-state index in [9.17, 15) is 67.1 Å². The van der Waals surface area contributed by atoms with Crippen LogP contribution < -0.4 is 43.8 Å². The molecule has 12 N–H and O–H groups in total. The van der Waals surface area contributed by atoms with Gasteiger partial charge >= 0.3 is 48.4 Å². The molecule has 3 heterocycles. The molecule has 113 heavy (non-hydrogen) atoms. The Morgan fingerprint density at radius 2 is 0.770 bits per heavy atom. The topological polar surface area (TPSA) is 527 Å². The maximum atomic E-state index is 11.5. The van der Waals surface area contributed by atoms with Gasteiger partial charge in [-0.15, -0.1) is 0 Å². The lowest BCUT2D eigenvalue weighted by Crippen LogP contribution is -2.46. The molecule has 664 valence electrons. The third kappa shape index (κ3) is 137. The van der Waals surface area contributed by atoms with Gasteiger partial charge < -0.3 is 75.6 Å². The van der Waals surface area contributed by atoms with E-state index in [1.165, 1.54) is 39.9 Å². The molecule has 34 nitrogen and oxygen atoms in total. The van der Waals surface area contributed by atoms with Gasteiger partial charge in [0.15, 0.2) is 11.6 Å². The average Bonchev–Trinajstić information content (AvgIpc) is 1.89. The number of hydrogen-bond donors (Lipinski definition) is 10. The van der Waals surface area contributed by atoms with Crippen LogP contribution in [0.1, 0.15) is 135 Å². The van der Waals surface area contributed by atoms with E-state index in [-0.39, 0.29) is 222 Å². The highest BCUT2D eigenvalue weighted by molar-refractivity contribution is 8.76. The summed E-state index contributed by atoms with van der Waals surface area (Å²) in [5.41, 5.74) is 20.6. The van der Waals surface area contributed by atoms with Crippen molar-refractivity contribution in [2.75, 3.05) is 130 Å². The summed E-state index contributed by atoms with van der Waals surface area (Å²) < 4.78 is 27.3. The van der Waals surface area contributed by atoms with Crippen molar-refractivity contribution >= 4 is 191 Å². The molecule has 0 saturated carbocycles. The van der Waals surface area contributed by atoms with Gasteiger partial charge in [-0.25, -0.2) is 9.59 Å². The minimum absolute atomic E-state index is 0. The fourth-order valence-corrected chi connectivity index (χ4v) is 7.32. The predicted molar refractivity (Wildman–Crippen MR) is 466 cm³/mol. The number of rotatable bonds is 26. The molecule has 3 aliphatic heterocycles. The first kappa shape index (κ1) is 151. The van der Waals surface area contributed by atoms with Crippen molar-refractivity contribution < 1.29 is 125 Å². The number of Topliss-reactive ketones (excluding diaryl/α,β-unsaturated/α-hetero) is 4. The summed E-state index contributed by atoms with van der Waals surface area (Å²) in [4.78, 5) is 184. The van der Waals surface area contributed by atoms with Gasteiger partial charge in [-0.3, -0.25) is 79.2 Å². The Bertz CT molecular complexity index is 2520. The van der Waals surface area contributed by atoms with Crippen molar-refractivity contribution in [3.8, 4) is 0 Å². The molecule has 0 bridgehead atoms. The number of nitrogens with two attached hydrogens (primary N) is 2. The van der Waals surface area contributed by atoms with E-state index >= 15 is 0 Å². The zero-order valence-electron chi connectivity index (χ0n) is 62.3. The van der Waals surface area contributed by atoms with E-state index in [0.717, 1.165) is 35.1 Å². The number of benzene rings is 1. The zero-order valence-corrected chi connectivity index (χ0v) is 68.8. The summed E-state index contributed by atoms with van der Waals surface area (Å²) in [6, 6.07) is 7.67. The maximum absolute atomic E-state index is 11.5. The Hall–Kier alpha value is -7.44. The van der Waals surface area contributed by atoms with Crippen LogP contribution in [0.2, 0.25) is 0 Å². The monoisotopic (exact) mass is 1770 g/mol. The first-order chi connectivity index (χ1) is 49.6. The Balaban J connectivity index is -0.0000000568.